The van der Waals surface area contributed by atoms with Crippen molar-refractivity contribution in [1.29, 1.82) is 0 Å². The molecule has 0 fully saturated rings. The van der Waals surface area contributed by atoms with Gasteiger partial charge < -0.3 is 19.1 Å². The summed E-state index contributed by atoms with van der Waals surface area (Å²) in [4.78, 5) is 13.5. The Labute approximate surface area is 115 Å². The van der Waals surface area contributed by atoms with E-state index >= 15 is 0 Å². The summed E-state index contributed by atoms with van der Waals surface area (Å²) in [6.07, 6.45) is 2.55. The van der Waals surface area contributed by atoms with Crippen LogP contribution in [0.25, 0.3) is 0 Å². The second-order valence-electron chi connectivity index (χ2n) is 5.02. The lowest BCUT2D eigenvalue weighted by Gasteiger charge is -2.28. The first-order valence-corrected chi connectivity index (χ1v) is 6.16. The first kappa shape index (κ1) is 17.7. The summed E-state index contributed by atoms with van der Waals surface area (Å²) >= 11 is 0. The highest BCUT2D eigenvalue weighted by molar-refractivity contribution is 5.68. The number of carbonyl (C=O) groups excluding carboxylic acids is 1. The number of ether oxygens (including phenoxy) is 3. The molecule has 0 saturated heterocycles. The summed E-state index contributed by atoms with van der Waals surface area (Å²) in [7, 11) is 1.54. The molecular formula is C14H25NO4. The lowest BCUT2D eigenvalue weighted by atomic mass is 10.2. The van der Waals surface area contributed by atoms with E-state index in [4.69, 9.17) is 14.2 Å². The molecule has 0 aromatic heterocycles. The highest BCUT2D eigenvalue weighted by Crippen LogP contribution is 2.11. The maximum Gasteiger partial charge on any atom is 0.410 e. The van der Waals surface area contributed by atoms with Crippen molar-refractivity contribution in [2.24, 2.45) is 0 Å². The molecule has 0 spiro atoms. The van der Waals surface area contributed by atoms with E-state index in [2.05, 4.69) is 13.2 Å². The van der Waals surface area contributed by atoms with Gasteiger partial charge in [-0.15, -0.1) is 13.2 Å². The molecule has 110 valence electrons. The molecule has 0 aromatic carbocycles. The van der Waals surface area contributed by atoms with E-state index in [1.807, 2.05) is 20.8 Å². The molecule has 5 nitrogen and oxygen atoms in total. The molecule has 0 aliphatic heterocycles. The van der Waals surface area contributed by atoms with Crippen LogP contribution >= 0.6 is 0 Å². The largest absolute Gasteiger partial charge is 0.444 e. The third kappa shape index (κ3) is 8.40. The van der Waals surface area contributed by atoms with Crippen molar-refractivity contribution in [3.63, 3.8) is 0 Å². The Morgan fingerprint density at radius 3 is 2.42 bits per heavy atom. The molecular weight excluding hydrogens is 246 g/mol. The number of methoxy groups -OCH3 is 1. The summed E-state index contributed by atoms with van der Waals surface area (Å²) in [6, 6.07) is 0. The fourth-order valence-corrected chi connectivity index (χ4v) is 1.27. The van der Waals surface area contributed by atoms with Gasteiger partial charge in [-0.3, -0.25) is 0 Å². The predicted molar refractivity (Wildman–Crippen MR) is 75.0 cm³/mol. The fourth-order valence-electron chi connectivity index (χ4n) is 1.27. The lowest BCUT2D eigenvalue weighted by Crippen LogP contribution is -2.41. The van der Waals surface area contributed by atoms with Crippen LogP contribution in [0.15, 0.2) is 25.3 Å². The van der Waals surface area contributed by atoms with Gasteiger partial charge in [0.15, 0.2) is 0 Å². The second-order valence-corrected chi connectivity index (χ2v) is 5.02. The van der Waals surface area contributed by atoms with Crippen LogP contribution in [0.1, 0.15) is 20.8 Å². The normalized spacial score (nSPS) is 12.6. The van der Waals surface area contributed by atoms with Gasteiger partial charge >= 0.3 is 6.09 Å². The molecule has 19 heavy (non-hydrogen) atoms. The van der Waals surface area contributed by atoms with Crippen LogP contribution in [0.5, 0.6) is 0 Å². The van der Waals surface area contributed by atoms with E-state index in [9.17, 15) is 4.79 Å². The third-order valence-electron chi connectivity index (χ3n) is 2.06. The first-order chi connectivity index (χ1) is 8.84. The summed E-state index contributed by atoms with van der Waals surface area (Å²) < 4.78 is 15.5. The van der Waals surface area contributed by atoms with Crippen molar-refractivity contribution in [1.82, 2.24) is 4.90 Å². The average molecular weight is 271 g/mol. The van der Waals surface area contributed by atoms with Crippen molar-refractivity contribution >= 4 is 6.09 Å². The minimum atomic E-state index is -0.534. The zero-order valence-electron chi connectivity index (χ0n) is 12.3. The Morgan fingerprint density at radius 1 is 1.37 bits per heavy atom. The van der Waals surface area contributed by atoms with Gasteiger partial charge in [-0.1, -0.05) is 12.2 Å². The van der Waals surface area contributed by atoms with E-state index in [0.29, 0.717) is 13.1 Å². The van der Waals surface area contributed by atoms with Gasteiger partial charge in [0.25, 0.3) is 0 Å². The number of hydrogen-bond donors (Lipinski definition) is 0. The minimum absolute atomic E-state index is 0.146. The predicted octanol–water partition coefficient (Wildman–Crippen LogP) is 2.58. The Morgan fingerprint density at radius 2 is 2.00 bits per heavy atom. The molecule has 0 aliphatic carbocycles. The van der Waals surface area contributed by atoms with Crippen LogP contribution in [0.4, 0.5) is 4.79 Å². The highest BCUT2D eigenvalue weighted by Gasteiger charge is 2.23. The molecule has 0 rings (SSSR count). The maximum absolute atomic E-state index is 12.0. The average Bonchev–Trinajstić information content (AvgIpc) is 2.30. The maximum atomic E-state index is 12.0. The standard InChI is InChI=1S/C14H25NO4/c1-7-9-15(13(16)19-14(3,4)5)10-12(8-2)18-11-17-6/h7-8,12H,1-2,9-11H2,3-6H3. The molecule has 0 heterocycles. The zero-order chi connectivity index (χ0) is 14.9. The van der Waals surface area contributed by atoms with E-state index in [-0.39, 0.29) is 12.9 Å². The summed E-state index contributed by atoms with van der Waals surface area (Å²) in [5.41, 5.74) is -0.534. The number of rotatable bonds is 8. The van der Waals surface area contributed by atoms with Gasteiger partial charge in [-0.25, -0.2) is 4.79 Å². The number of nitrogens with zero attached hydrogens (tertiary/aromatic N) is 1. The summed E-state index contributed by atoms with van der Waals surface area (Å²) in [5.74, 6) is 0. The van der Waals surface area contributed by atoms with Crippen molar-refractivity contribution in [3.05, 3.63) is 25.3 Å². The SMILES string of the molecule is C=CCN(CC(C=C)OCOC)C(=O)OC(C)(C)C. The van der Waals surface area contributed by atoms with Gasteiger partial charge in [-0.05, 0) is 20.8 Å². The van der Waals surface area contributed by atoms with Crippen LogP contribution in [-0.4, -0.2) is 49.7 Å². The van der Waals surface area contributed by atoms with Gasteiger partial charge in [0.1, 0.15) is 12.4 Å². The molecule has 0 aromatic rings. The molecule has 0 radical (unpaired) electrons. The Bertz CT molecular complexity index is 296. The zero-order valence-corrected chi connectivity index (χ0v) is 12.3. The van der Waals surface area contributed by atoms with Crippen LogP contribution in [0.3, 0.4) is 0 Å². The molecule has 0 aliphatic rings. The lowest BCUT2D eigenvalue weighted by molar-refractivity contribution is -0.0642. The van der Waals surface area contributed by atoms with Crippen molar-refractivity contribution in [2.75, 3.05) is 27.0 Å². The summed E-state index contributed by atoms with van der Waals surface area (Å²) in [6.45, 7) is 13.6. The van der Waals surface area contributed by atoms with Gasteiger partial charge in [0, 0.05) is 13.7 Å². The van der Waals surface area contributed by atoms with Gasteiger partial charge in [-0.2, -0.15) is 0 Å². The van der Waals surface area contributed by atoms with Crippen LogP contribution in [0, 0.1) is 0 Å². The molecule has 5 heteroatoms. The molecule has 1 unspecified atom stereocenters. The molecule has 1 amide bonds. The highest BCUT2D eigenvalue weighted by atomic mass is 16.7. The van der Waals surface area contributed by atoms with Crippen LogP contribution in [0.2, 0.25) is 0 Å². The second kappa shape index (κ2) is 8.72. The van der Waals surface area contributed by atoms with E-state index in [1.54, 1.807) is 12.2 Å². The molecule has 1 atom stereocenters. The Hall–Kier alpha value is -1.33. The number of carbonyl (C=O) groups is 1. The minimum Gasteiger partial charge on any atom is -0.444 e. The third-order valence-corrected chi connectivity index (χ3v) is 2.06. The first-order valence-electron chi connectivity index (χ1n) is 6.16. The summed E-state index contributed by atoms with van der Waals surface area (Å²) in [5, 5.41) is 0. The van der Waals surface area contributed by atoms with Crippen LogP contribution < -0.4 is 0 Å². The van der Waals surface area contributed by atoms with Crippen molar-refractivity contribution < 1.29 is 19.0 Å². The number of hydrogen-bond acceptors (Lipinski definition) is 4. The van der Waals surface area contributed by atoms with E-state index in [0.717, 1.165) is 0 Å². The smallest absolute Gasteiger partial charge is 0.410 e. The van der Waals surface area contributed by atoms with Crippen LogP contribution in [-0.2, 0) is 14.2 Å². The van der Waals surface area contributed by atoms with E-state index in [1.165, 1.54) is 12.0 Å². The Kier molecular flexibility index (Phi) is 8.11. The Balaban J connectivity index is 4.57. The van der Waals surface area contributed by atoms with Gasteiger partial charge in [0.05, 0.1) is 12.6 Å². The quantitative estimate of drug-likeness (QED) is 0.503. The monoisotopic (exact) mass is 271 g/mol. The molecule has 0 bridgehead atoms. The van der Waals surface area contributed by atoms with Crippen molar-refractivity contribution in [3.8, 4) is 0 Å². The molecule has 0 N–H and O–H groups in total. The molecule has 0 saturated carbocycles. The topological polar surface area (TPSA) is 48.0 Å². The van der Waals surface area contributed by atoms with E-state index < -0.39 is 11.7 Å². The number of amides is 1. The van der Waals surface area contributed by atoms with Crippen molar-refractivity contribution in [2.45, 2.75) is 32.5 Å². The van der Waals surface area contributed by atoms with Gasteiger partial charge in [0.2, 0.25) is 0 Å². The fraction of sp³-hybridized carbons (Fsp3) is 0.643.